The van der Waals surface area contributed by atoms with E-state index in [-0.39, 0.29) is 25.0 Å². The van der Waals surface area contributed by atoms with Gasteiger partial charge in [0, 0.05) is 40.4 Å². The summed E-state index contributed by atoms with van der Waals surface area (Å²) in [5.74, 6) is -0.366. The normalized spacial score (nSPS) is 20.4. The zero-order chi connectivity index (χ0) is 18.1. The van der Waals surface area contributed by atoms with Crippen LogP contribution in [0.25, 0.3) is 0 Å². The van der Waals surface area contributed by atoms with E-state index in [1.54, 1.807) is 0 Å². The SMILES string of the molecule is COCC(=O)NCC1(NC(=O)COC)CCN(Cc2ccccc2)C1. The number of hydrogen-bond acceptors (Lipinski definition) is 5. The molecule has 1 aliphatic rings. The molecular formula is C18H27N3O4. The Morgan fingerprint density at radius 2 is 1.80 bits per heavy atom. The molecule has 0 spiro atoms. The van der Waals surface area contributed by atoms with Crippen molar-refractivity contribution in [1.29, 1.82) is 0 Å². The average Bonchev–Trinajstić information content (AvgIpc) is 2.97. The summed E-state index contributed by atoms with van der Waals surface area (Å²) >= 11 is 0. The molecule has 0 aliphatic carbocycles. The van der Waals surface area contributed by atoms with Crippen molar-refractivity contribution in [3.63, 3.8) is 0 Å². The molecule has 25 heavy (non-hydrogen) atoms. The Bertz CT molecular complexity index is 567. The molecule has 1 aliphatic heterocycles. The fourth-order valence-corrected chi connectivity index (χ4v) is 3.14. The Kier molecular flexibility index (Phi) is 7.36. The van der Waals surface area contributed by atoms with Gasteiger partial charge in [0.15, 0.2) is 0 Å². The van der Waals surface area contributed by atoms with Crippen LogP contribution in [0.3, 0.4) is 0 Å². The summed E-state index contributed by atoms with van der Waals surface area (Å²) in [5.41, 5.74) is 0.735. The van der Waals surface area contributed by atoms with Gasteiger partial charge in [-0.15, -0.1) is 0 Å². The van der Waals surface area contributed by atoms with Gasteiger partial charge in [0.1, 0.15) is 13.2 Å². The van der Waals surface area contributed by atoms with Crippen LogP contribution < -0.4 is 10.6 Å². The molecule has 7 heteroatoms. The zero-order valence-electron chi connectivity index (χ0n) is 14.9. The summed E-state index contributed by atoms with van der Waals surface area (Å²) in [5, 5.41) is 5.90. The van der Waals surface area contributed by atoms with Crippen molar-refractivity contribution in [3.05, 3.63) is 35.9 Å². The van der Waals surface area contributed by atoms with Gasteiger partial charge >= 0.3 is 0 Å². The Morgan fingerprint density at radius 3 is 2.48 bits per heavy atom. The number of hydrogen-bond donors (Lipinski definition) is 2. The van der Waals surface area contributed by atoms with Crippen LogP contribution in [0.4, 0.5) is 0 Å². The molecule has 138 valence electrons. The molecule has 2 rings (SSSR count). The Balaban J connectivity index is 1.99. The monoisotopic (exact) mass is 349 g/mol. The van der Waals surface area contributed by atoms with E-state index < -0.39 is 5.54 Å². The topological polar surface area (TPSA) is 79.9 Å². The summed E-state index contributed by atoms with van der Waals surface area (Å²) in [4.78, 5) is 26.1. The molecule has 2 N–H and O–H groups in total. The summed E-state index contributed by atoms with van der Waals surface area (Å²) in [6.45, 7) is 2.72. The molecule has 1 aromatic rings. The maximum Gasteiger partial charge on any atom is 0.246 e. The Labute approximate surface area is 148 Å². The summed E-state index contributed by atoms with van der Waals surface area (Å²) in [6, 6.07) is 10.2. The molecule has 1 aromatic carbocycles. The van der Waals surface area contributed by atoms with Gasteiger partial charge in [0.25, 0.3) is 0 Å². The van der Waals surface area contributed by atoms with E-state index >= 15 is 0 Å². The first-order valence-electron chi connectivity index (χ1n) is 8.39. The fourth-order valence-electron chi connectivity index (χ4n) is 3.14. The summed E-state index contributed by atoms with van der Waals surface area (Å²) < 4.78 is 9.75. The highest BCUT2D eigenvalue weighted by Gasteiger charge is 2.39. The number of ether oxygens (including phenoxy) is 2. The lowest BCUT2D eigenvalue weighted by molar-refractivity contribution is -0.128. The number of nitrogens with zero attached hydrogens (tertiary/aromatic N) is 1. The molecule has 2 amide bonds. The quantitative estimate of drug-likeness (QED) is 0.664. The second-order valence-electron chi connectivity index (χ2n) is 6.42. The van der Waals surface area contributed by atoms with E-state index in [1.807, 2.05) is 18.2 Å². The predicted octanol–water partition coefficient (Wildman–Crippen LogP) is 0.156. The van der Waals surface area contributed by atoms with E-state index in [2.05, 4.69) is 27.7 Å². The van der Waals surface area contributed by atoms with Crippen molar-refractivity contribution in [2.45, 2.75) is 18.5 Å². The molecule has 1 atom stereocenters. The average molecular weight is 349 g/mol. The lowest BCUT2D eigenvalue weighted by atomic mass is 9.98. The van der Waals surface area contributed by atoms with Gasteiger partial charge in [-0.25, -0.2) is 0 Å². The van der Waals surface area contributed by atoms with Crippen LogP contribution in [0.5, 0.6) is 0 Å². The number of carbonyl (C=O) groups is 2. The maximum absolute atomic E-state index is 12.0. The molecule has 1 fully saturated rings. The Morgan fingerprint density at radius 1 is 1.12 bits per heavy atom. The first-order valence-corrected chi connectivity index (χ1v) is 8.39. The van der Waals surface area contributed by atoms with Crippen molar-refractivity contribution in [3.8, 4) is 0 Å². The second kappa shape index (κ2) is 9.50. The minimum atomic E-state index is -0.492. The van der Waals surface area contributed by atoms with Gasteiger partial charge in [-0.3, -0.25) is 14.5 Å². The molecule has 0 radical (unpaired) electrons. The van der Waals surface area contributed by atoms with Crippen LogP contribution in [0, 0.1) is 0 Å². The smallest absolute Gasteiger partial charge is 0.246 e. The number of amides is 2. The van der Waals surface area contributed by atoms with Gasteiger partial charge < -0.3 is 20.1 Å². The van der Waals surface area contributed by atoms with Crippen LogP contribution >= 0.6 is 0 Å². The van der Waals surface area contributed by atoms with E-state index in [1.165, 1.54) is 19.8 Å². The molecule has 1 heterocycles. The predicted molar refractivity (Wildman–Crippen MR) is 94.0 cm³/mol. The van der Waals surface area contributed by atoms with Crippen molar-refractivity contribution in [1.82, 2.24) is 15.5 Å². The molecule has 1 unspecified atom stereocenters. The minimum absolute atomic E-state index is 0.00640. The number of nitrogens with one attached hydrogen (secondary N) is 2. The number of rotatable bonds is 9. The summed E-state index contributed by atoms with van der Waals surface area (Å²) in [6.07, 6.45) is 0.766. The van der Waals surface area contributed by atoms with Gasteiger partial charge in [-0.05, 0) is 12.0 Å². The molecule has 0 saturated carbocycles. The largest absolute Gasteiger partial charge is 0.375 e. The van der Waals surface area contributed by atoms with E-state index in [0.717, 1.165) is 19.5 Å². The first-order chi connectivity index (χ1) is 12.1. The van der Waals surface area contributed by atoms with Crippen LogP contribution in [-0.2, 0) is 25.6 Å². The number of methoxy groups -OCH3 is 2. The molecule has 0 aromatic heterocycles. The maximum atomic E-state index is 12.0. The lowest BCUT2D eigenvalue weighted by Crippen LogP contribution is -2.58. The van der Waals surface area contributed by atoms with Crippen molar-refractivity contribution in [2.75, 3.05) is 47.1 Å². The summed E-state index contributed by atoms with van der Waals surface area (Å²) in [7, 11) is 2.97. The van der Waals surface area contributed by atoms with E-state index in [9.17, 15) is 9.59 Å². The van der Waals surface area contributed by atoms with Gasteiger partial charge in [-0.2, -0.15) is 0 Å². The van der Waals surface area contributed by atoms with Gasteiger partial charge in [0.2, 0.25) is 11.8 Å². The van der Waals surface area contributed by atoms with E-state index in [4.69, 9.17) is 9.47 Å². The van der Waals surface area contributed by atoms with Gasteiger partial charge in [-0.1, -0.05) is 30.3 Å². The highest BCUT2D eigenvalue weighted by Crippen LogP contribution is 2.23. The number of carbonyl (C=O) groups excluding carboxylic acids is 2. The third-order valence-electron chi connectivity index (χ3n) is 4.26. The third kappa shape index (κ3) is 6.12. The van der Waals surface area contributed by atoms with Crippen molar-refractivity contribution >= 4 is 11.8 Å². The lowest BCUT2D eigenvalue weighted by Gasteiger charge is -2.31. The van der Waals surface area contributed by atoms with Crippen LogP contribution in [0.2, 0.25) is 0 Å². The van der Waals surface area contributed by atoms with Crippen molar-refractivity contribution < 1.29 is 19.1 Å². The number of benzene rings is 1. The first kappa shape index (κ1) is 19.4. The number of likely N-dealkylation sites (tertiary alicyclic amines) is 1. The zero-order valence-corrected chi connectivity index (χ0v) is 14.9. The molecular weight excluding hydrogens is 322 g/mol. The standard InChI is InChI=1S/C18H27N3O4/c1-24-11-16(22)19-13-18(20-17(23)12-25-2)8-9-21(14-18)10-15-6-4-3-5-7-15/h3-7H,8-14H2,1-2H3,(H,19,22)(H,20,23). The molecule has 7 nitrogen and oxygen atoms in total. The van der Waals surface area contributed by atoms with Crippen molar-refractivity contribution in [2.24, 2.45) is 0 Å². The van der Waals surface area contributed by atoms with Crippen LogP contribution in [0.15, 0.2) is 30.3 Å². The van der Waals surface area contributed by atoms with E-state index in [0.29, 0.717) is 13.1 Å². The van der Waals surface area contributed by atoms with Crippen LogP contribution in [-0.4, -0.2) is 69.3 Å². The molecule has 1 saturated heterocycles. The highest BCUT2D eigenvalue weighted by molar-refractivity contribution is 5.79. The second-order valence-corrected chi connectivity index (χ2v) is 6.42. The minimum Gasteiger partial charge on any atom is -0.375 e. The highest BCUT2D eigenvalue weighted by atomic mass is 16.5. The van der Waals surface area contributed by atoms with Crippen LogP contribution in [0.1, 0.15) is 12.0 Å². The fraction of sp³-hybridized carbons (Fsp3) is 0.556. The third-order valence-corrected chi connectivity index (χ3v) is 4.26. The molecule has 0 bridgehead atoms. The van der Waals surface area contributed by atoms with Gasteiger partial charge in [0.05, 0.1) is 5.54 Å². The Hall–Kier alpha value is -1.96.